The Balaban J connectivity index is 1.41. The molecule has 186 valence electrons. The van der Waals surface area contributed by atoms with E-state index in [0.717, 1.165) is 52.8 Å². The molecule has 5 rings (SSSR count). The Labute approximate surface area is 216 Å². The minimum Gasteiger partial charge on any atom is -0.377 e. The number of aromatic nitrogens is 5. The van der Waals surface area contributed by atoms with Crippen LogP contribution in [0.25, 0.3) is 22.5 Å². The molecule has 2 N–H and O–H groups in total. The first-order valence-corrected chi connectivity index (χ1v) is 12.7. The van der Waals surface area contributed by atoms with Crippen molar-refractivity contribution in [1.82, 2.24) is 25.2 Å². The summed E-state index contributed by atoms with van der Waals surface area (Å²) in [5.41, 5.74) is 6.95. The summed E-state index contributed by atoms with van der Waals surface area (Å²) < 4.78 is 1.91. The number of pyridine rings is 1. The molecule has 0 aliphatic heterocycles. The zero-order valence-electron chi connectivity index (χ0n) is 20.9. The second-order valence-electron chi connectivity index (χ2n) is 9.06. The van der Waals surface area contributed by atoms with Crippen LogP contribution in [-0.4, -0.2) is 25.2 Å². The number of rotatable bonds is 10. The van der Waals surface area contributed by atoms with Crippen molar-refractivity contribution in [1.29, 1.82) is 0 Å². The fourth-order valence-corrected chi connectivity index (χ4v) is 4.48. The Morgan fingerprint density at radius 2 is 1.59 bits per heavy atom. The van der Waals surface area contributed by atoms with Crippen LogP contribution in [0.5, 0.6) is 0 Å². The van der Waals surface area contributed by atoms with Crippen molar-refractivity contribution in [3.05, 3.63) is 118 Å². The van der Waals surface area contributed by atoms with Gasteiger partial charge in [0.15, 0.2) is 5.82 Å². The number of nitrogens with one attached hydrogen (secondary N) is 2. The van der Waals surface area contributed by atoms with E-state index in [-0.39, 0.29) is 5.56 Å². The van der Waals surface area contributed by atoms with E-state index in [0.29, 0.717) is 24.6 Å². The Hall–Kier alpha value is -4.52. The van der Waals surface area contributed by atoms with E-state index in [9.17, 15) is 4.79 Å². The SMILES string of the molecule is CCCCc1ccc(NCc2ccccc2)c(=O)n1Cc1ccc(-c2ccccc2-c2nnn[nH]2)cc1. The van der Waals surface area contributed by atoms with Gasteiger partial charge in [0.2, 0.25) is 0 Å². The predicted molar refractivity (Wildman–Crippen MR) is 147 cm³/mol. The second-order valence-corrected chi connectivity index (χ2v) is 9.06. The number of nitrogens with zero attached hydrogens (tertiary/aromatic N) is 4. The minimum atomic E-state index is 0.0109. The van der Waals surface area contributed by atoms with Gasteiger partial charge in [-0.1, -0.05) is 92.2 Å². The summed E-state index contributed by atoms with van der Waals surface area (Å²) in [4.78, 5) is 13.5. The molecule has 0 amide bonds. The van der Waals surface area contributed by atoms with Gasteiger partial charge in [-0.3, -0.25) is 4.79 Å². The topological polar surface area (TPSA) is 88.5 Å². The number of tetrazole rings is 1. The number of H-pyrrole nitrogens is 1. The first kappa shape index (κ1) is 24.2. The van der Waals surface area contributed by atoms with Gasteiger partial charge in [0.1, 0.15) is 5.69 Å². The molecule has 0 aliphatic carbocycles. The van der Waals surface area contributed by atoms with Crippen molar-refractivity contribution in [2.45, 2.75) is 39.3 Å². The first-order valence-electron chi connectivity index (χ1n) is 12.7. The van der Waals surface area contributed by atoms with Gasteiger partial charge in [-0.2, -0.15) is 0 Å². The molecule has 2 aromatic heterocycles. The molecular formula is C30H30N6O. The second kappa shape index (κ2) is 11.5. The Kier molecular flexibility index (Phi) is 7.50. The van der Waals surface area contributed by atoms with E-state index in [1.165, 1.54) is 0 Å². The summed E-state index contributed by atoms with van der Waals surface area (Å²) in [6.45, 7) is 3.30. The molecule has 0 aliphatic rings. The highest BCUT2D eigenvalue weighted by Crippen LogP contribution is 2.29. The maximum atomic E-state index is 13.5. The van der Waals surface area contributed by atoms with Crippen molar-refractivity contribution in [3.8, 4) is 22.5 Å². The van der Waals surface area contributed by atoms with Crippen LogP contribution in [-0.2, 0) is 19.5 Å². The largest absolute Gasteiger partial charge is 0.377 e. The summed E-state index contributed by atoms with van der Waals surface area (Å²) in [6, 6.07) is 30.5. The van der Waals surface area contributed by atoms with Crippen LogP contribution >= 0.6 is 0 Å². The first-order chi connectivity index (χ1) is 18.2. The zero-order valence-corrected chi connectivity index (χ0v) is 20.9. The van der Waals surface area contributed by atoms with Crippen LogP contribution in [0, 0.1) is 0 Å². The number of anilines is 1. The highest BCUT2D eigenvalue weighted by atomic mass is 16.1. The molecule has 0 unspecified atom stereocenters. The van der Waals surface area contributed by atoms with Crippen molar-refractivity contribution in [2.75, 3.05) is 5.32 Å². The summed E-state index contributed by atoms with van der Waals surface area (Å²) in [5, 5.41) is 17.7. The molecule has 2 heterocycles. The molecule has 0 fully saturated rings. The number of benzene rings is 3. The molecule has 0 radical (unpaired) electrons. The Bertz CT molecular complexity index is 1490. The molecule has 7 heteroatoms. The number of hydrogen-bond donors (Lipinski definition) is 2. The minimum absolute atomic E-state index is 0.0109. The standard InChI is InChI=1S/C30H30N6O/c1-2-3-11-25-18-19-28(31-20-22-9-5-4-6-10-22)30(37)36(25)21-23-14-16-24(17-15-23)26-12-7-8-13-27(26)29-32-34-35-33-29/h4-10,12-19,31H,2-3,11,20-21H2,1H3,(H,32,33,34,35). The van der Waals surface area contributed by atoms with Crippen LogP contribution in [0.4, 0.5) is 5.69 Å². The highest BCUT2D eigenvalue weighted by Gasteiger charge is 2.12. The van der Waals surface area contributed by atoms with Crippen LogP contribution in [0.1, 0.15) is 36.6 Å². The molecule has 0 saturated carbocycles. The molecule has 37 heavy (non-hydrogen) atoms. The van der Waals surface area contributed by atoms with Crippen LogP contribution in [0.15, 0.2) is 95.8 Å². The van der Waals surface area contributed by atoms with E-state index >= 15 is 0 Å². The lowest BCUT2D eigenvalue weighted by Gasteiger charge is -2.16. The van der Waals surface area contributed by atoms with Gasteiger partial charge in [0.25, 0.3) is 5.56 Å². The fourth-order valence-electron chi connectivity index (χ4n) is 4.48. The van der Waals surface area contributed by atoms with E-state index in [1.54, 1.807) is 0 Å². The number of unbranched alkanes of at least 4 members (excludes halogenated alkanes) is 1. The van der Waals surface area contributed by atoms with Crippen molar-refractivity contribution in [3.63, 3.8) is 0 Å². The Morgan fingerprint density at radius 3 is 2.32 bits per heavy atom. The molecule has 0 bridgehead atoms. The lowest BCUT2D eigenvalue weighted by atomic mass is 9.98. The molecule has 0 saturated heterocycles. The van der Waals surface area contributed by atoms with Gasteiger partial charge in [-0.15, -0.1) is 5.10 Å². The zero-order chi connectivity index (χ0) is 25.5. The van der Waals surface area contributed by atoms with Gasteiger partial charge >= 0.3 is 0 Å². The average molecular weight is 491 g/mol. The Morgan fingerprint density at radius 1 is 0.838 bits per heavy atom. The summed E-state index contributed by atoms with van der Waals surface area (Å²) in [5.74, 6) is 0.631. The lowest BCUT2D eigenvalue weighted by molar-refractivity contribution is 0.668. The molecular weight excluding hydrogens is 460 g/mol. The van der Waals surface area contributed by atoms with Gasteiger partial charge in [-0.25, -0.2) is 5.10 Å². The molecule has 5 aromatic rings. The number of aromatic amines is 1. The quantitative estimate of drug-likeness (QED) is 0.262. The molecule has 0 spiro atoms. The third-order valence-corrected chi connectivity index (χ3v) is 6.51. The summed E-state index contributed by atoms with van der Waals surface area (Å²) in [7, 11) is 0. The maximum Gasteiger partial charge on any atom is 0.274 e. The monoisotopic (exact) mass is 490 g/mol. The van der Waals surface area contributed by atoms with Crippen LogP contribution in [0.3, 0.4) is 0 Å². The lowest BCUT2D eigenvalue weighted by Crippen LogP contribution is -2.26. The predicted octanol–water partition coefficient (Wildman–Crippen LogP) is 5.70. The number of aryl methyl sites for hydroxylation is 1. The van der Waals surface area contributed by atoms with E-state index in [1.807, 2.05) is 47.0 Å². The van der Waals surface area contributed by atoms with Crippen LogP contribution < -0.4 is 10.9 Å². The third kappa shape index (κ3) is 5.67. The van der Waals surface area contributed by atoms with Crippen molar-refractivity contribution >= 4 is 5.69 Å². The average Bonchev–Trinajstić information content (AvgIpc) is 3.49. The highest BCUT2D eigenvalue weighted by molar-refractivity contribution is 5.80. The van der Waals surface area contributed by atoms with Gasteiger partial charge in [-0.05, 0) is 57.7 Å². The molecule has 3 aromatic carbocycles. The van der Waals surface area contributed by atoms with E-state index < -0.39 is 0 Å². The smallest absolute Gasteiger partial charge is 0.274 e. The van der Waals surface area contributed by atoms with Gasteiger partial charge < -0.3 is 9.88 Å². The van der Waals surface area contributed by atoms with Crippen molar-refractivity contribution < 1.29 is 0 Å². The van der Waals surface area contributed by atoms with E-state index in [4.69, 9.17) is 0 Å². The summed E-state index contributed by atoms with van der Waals surface area (Å²) in [6.07, 6.45) is 3.00. The maximum absolute atomic E-state index is 13.5. The molecule has 0 atom stereocenters. The molecule has 7 nitrogen and oxygen atoms in total. The number of hydrogen-bond acceptors (Lipinski definition) is 5. The fraction of sp³-hybridized carbons (Fsp3) is 0.200. The summed E-state index contributed by atoms with van der Waals surface area (Å²) >= 11 is 0. The van der Waals surface area contributed by atoms with Crippen molar-refractivity contribution in [2.24, 2.45) is 0 Å². The third-order valence-electron chi connectivity index (χ3n) is 6.51. The van der Waals surface area contributed by atoms with E-state index in [2.05, 4.69) is 81.4 Å². The van der Waals surface area contributed by atoms with Gasteiger partial charge in [0.05, 0.1) is 6.54 Å². The normalized spacial score (nSPS) is 10.9. The van der Waals surface area contributed by atoms with Crippen LogP contribution in [0.2, 0.25) is 0 Å². The van der Waals surface area contributed by atoms with Gasteiger partial charge in [0, 0.05) is 17.8 Å².